The Balaban J connectivity index is 1.50. The number of carbonyl (C=O) groups is 2. The first-order valence-electron chi connectivity index (χ1n) is 17.7. The minimum absolute atomic E-state index is 0.0280. The molecule has 53 heavy (non-hydrogen) atoms. The fourth-order valence-electron chi connectivity index (χ4n) is 7.33. The number of ether oxygens (including phenoxy) is 2. The van der Waals surface area contributed by atoms with Gasteiger partial charge in [-0.25, -0.2) is 8.42 Å². The Morgan fingerprint density at radius 2 is 1.47 bits per heavy atom. The largest absolute Gasteiger partial charge is 0.469 e. The maximum Gasteiger partial charge on any atom is 0.308 e. The lowest BCUT2D eigenvalue weighted by atomic mass is 9.89. The van der Waals surface area contributed by atoms with Gasteiger partial charge in [-0.3, -0.25) is 9.59 Å². The molecule has 0 N–H and O–H groups in total. The first kappa shape index (κ1) is 40.7. The van der Waals surface area contributed by atoms with Gasteiger partial charge in [-0.2, -0.15) is 0 Å². The smallest absolute Gasteiger partial charge is 0.308 e. The summed E-state index contributed by atoms with van der Waals surface area (Å²) in [6.07, 6.45) is -2.04. The van der Waals surface area contributed by atoms with E-state index >= 15 is 0 Å². The van der Waals surface area contributed by atoms with Crippen molar-refractivity contribution in [2.45, 2.75) is 69.9 Å². The quantitative estimate of drug-likeness (QED) is 0.0974. The number of carbonyl (C=O) groups excluding carboxylic acids is 2. The number of morpholine rings is 1. The molecule has 5 rings (SSSR count). The summed E-state index contributed by atoms with van der Waals surface area (Å²) in [6, 6.07) is 32.7. The molecule has 1 unspecified atom stereocenters. The van der Waals surface area contributed by atoms with E-state index in [-0.39, 0.29) is 29.6 Å². The molecule has 1 aliphatic heterocycles. The van der Waals surface area contributed by atoms with Gasteiger partial charge in [0.15, 0.2) is 9.84 Å². The van der Waals surface area contributed by atoms with Gasteiger partial charge in [0.2, 0.25) is 0 Å². The average molecular weight is 797 g/mol. The second-order valence-electron chi connectivity index (χ2n) is 14.3. The molecule has 1 saturated heterocycles. The number of sulfone groups is 1. The highest BCUT2D eigenvalue weighted by Gasteiger charge is 2.51. The van der Waals surface area contributed by atoms with Gasteiger partial charge in [-0.1, -0.05) is 136 Å². The number of esters is 1. The summed E-state index contributed by atoms with van der Waals surface area (Å²) < 4.78 is 46.7. The number of methoxy groups -OCH3 is 1. The summed E-state index contributed by atoms with van der Waals surface area (Å²) in [5.74, 6) is -1.70. The van der Waals surface area contributed by atoms with Gasteiger partial charge >= 0.3 is 5.97 Å². The van der Waals surface area contributed by atoms with E-state index in [0.717, 1.165) is 10.4 Å². The molecule has 12 heteroatoms. The van der Waals surface area contributed by atoms with Crippen molar-refractivity contribution in [1.29, 1.82) is 0 Å². The highest BCUT2D eigenvalue weighted by molar-refractivity contribution is 7.91. The van der Waals surface area contributed by atoms with E-state index < -0.39 is 54.3 Å². The van der Waals surface area contributed by atoms with Crippen LogP contribution in [-0.2, 0) is 33.3 Å². The van der Waals surface area contributed by atoms with E-state index in [4.69, 9.17) is 37.1 Å². The van der Waals surface area contributed by atoms with Crippen molar-refractivity contribution in [3.8, 4) is 0 Å². The van der Waals surface area contributed by atoms with E-state index in [1.807, 2.05) is 49.4 Å². The Labute approximate surface area is 324 Å². The van der Waals surface area contributed by atoms with Crippen molar-refractivity contribution < 1.29 is 31.9 Å². The predicted octanol–water partition coefficient (Wildman–Crippen LogP) is 7.34. The third-order valence-corrected chi connectivity index (χ3v) is 17.0. The van der Waals surface area contributed by atoms with E-state index in [1.54, 1.807) is 47.4 Å². The fourth-order valence-corrected chi connectivity index (χ4v) is 13.9. The van der Waals surface area contributed by atoms with Crippen molar-refractivity contribution in [1.82, 2.24) is 4.90 Å². The van der Waals surface area contributed by atoms with Gasteiger partial charge < -0.3 is 18.8 Å². The lowest BCUT2D eigenvalue weighted by molar-refractivity contribution is -0.183. The molecule has 0 spiro atoms. The van der Waals surface area contributed by atoms with Crippen LogP contribution in [0.5, 0.6) is 0 Å². The standard InChI is InChI=1S/C41H47Cl2NO7SSi/c1-6-33(28-52(47,48)25-24-50-53(41(2,3)4,34-16-9-7-10-17-34)35-18-11-8-12-19-35)44-38(29-20-22-31(42)23-21-29)39(30-14-13-15-32(43)26-30)51-36(40(44)46)27-37(45)49-5/h7-23,26,33,36,38-39H,6,24-25,27-28H2,1-5H3/t33?,36-,38-,39-/m1/s1. The number of rotatable bonds is 14. The average Bonchev–Trinajstić information content (AvgIpc) is 3.13. The maximum atomic E-state index is 14.5. The van der Waals surface area contributed by atoms with Crippen LogP contribution in [0.15, 0.2) is 109 Å². The Bertz CT molecular complexity index is 1920. The topological polar surface area (TPSA) is 99.2 Å². The fraction of sp³-hybridized carbons (Fsp3) is 0.366. The molecule has 1 amide bonds. The highest BCUT2D eigenvalue weighted by atomic mass is 35.5. The van der Waals surface area contributed by atoms with Gasteiger partial charge in [0.25, 0.3) is 14.2 Å². The summed E-state index contributed by atoms with van der Waals surface area (Å²) in [5.41, 5.74) is 1.36. The summed E-state index contributed by atoms with van der Waals surface area (Å²) in [7, 11) is -5.56. The molecule has 0 radical (unpaired) electrons. The molecule has 0 aromatic heterocycles. The normalized spacial score (nSPS) is 18.8. The molecule has 0 aliphatic carbocycles. The minimum Gasteiger partial charge on any atom is -0.469 e. The minimum atomic E-state index is -3.82. The third kappa shape index (κ3) is 9.24. The molecule has 0 bridgehead atoms. The molecule has 4 atom stereocenters. The van der Waals surface area contributed by atoms with Crippen LogP contribution in [0.2, 0.25) is 15.1 Å². The van der Waals surface area contributed by atoms with Crippen LogP contribution >= 0.6 is 23.2 Å². The Morgan fingerprint density at radius 3 is 2.00 bits per heavy atom. The monoisotopic (exact) mass is 795 g/mol. The van der Waals surface area contributed by atoms with Crippen molar-refractivity contribution in [2.24, 2.45) is 0 Å². The zero-order valence-electron chi connectivity index (χ0n) is 30.7. The summed E-state index contributed by atoms with van der Waals surface area (Å²) in [6.45, 7) is 8.25. The van der Waals surface area contributed by atoms with Gasteiger partial charge in [0.1, 0.15) is 12.2 Å². The summed E-state index contributed by atoms with van der Waals surface area (Å²) >= 11 is 12.7. The summed E-state index contributed by atoms with van der Waals surface area (Å²) in [4.78, 5) is 28.6. The SMILES string of the molecule is CCC(CS(=O)(=O)CCO[Si](c1ccccc1)(c1ccccc1)C(C)(C)C)N1C(=O)[C@@H](CC(=O)OC)O[C@H](c2cccc(Cl)c2)[C@H]1c1ccc(Cl)cc1. The molecule has 8 nitrogen and oxygen atoms in total. The molecule has 1 heterocycles. The van der Waals surface area contributed by atoms with Crippen molar-refractivity contribution in [3.05, 3.63) is 130 Å². The van der Waals surface area contributed by atoms with E-state index in [1.165, 1.54) is 7.11 Å². The number of hydrogen-bond donors (Lipinski definition) is 0. The highest BCUT2D eigenvalue weighted by Crippen LogP contribution is 2.45. The molecular weight excluding hydrogens is 750 g/mol. The first-order valence-corrected chi connectivity index (χ1v) is 22.2. The molecular formula is C41H47Cl2NO7SSi. The second-order valence-corrected chi connectivity index (χ2v) is 21.7. The van der Waals surface area contributed by atoms with Gasteiger partial charge in [0, 0.05) is 22.7 Å². The van der Waals surface area contributed by atoms with Crippen molar-refractivity contribution in [2.75, 3.05) is 25.2 Å². The number of benzene rings is 4. The molecule has 282 valence electrons. The van der Waals surface area contributed by atoms with Crippen LogP contribution in [0.4, 0.5) is 0 Å². The molecule has 0 saturated carbocycles. The van der Waals surface area contributed by atoms with Gasteiger partial charge in [0.05, 0.1) is 31.1 Å². The van der Waals surface area contributed by atoms with Crippen LogP contribution in [0, 0.1) is 0 Å². The van der Waals surface area contributed by atoms with Crippen molar-refractivity contribution >= 4 is 63.6 Å². The number of hydrogen-bond acceptors (Lipinski definition) is 7. The number of amides is 1. The van der Waals surface area contributed by atoms with Crippen LogP contribution < -0.4 is 10.4 Å². The van der Waals surface area contributed by atoms with E-state index in [2.05, 4.69) is 45.0 Å². The van der Waals surface area contributed by atoms with Crippen LogP contribution in [0.1, 0.15) is 63.8 Å². The zero-order chi connectivity index (χ0) is 38.4. The molecule has 1 aliphatic rings. The lowest BCUT2D eigenvalue weighted by Gasteiger charge is -2.48. The van der Waals surface area contributed by atoms with E-state index in [9.17, 15) is 18.0 Å². The second kappa shape index (κ2) is 17.3. The Hall–Kier alpha value is -3.51. The van der Waals surface area contributed by atoms with E-state index in [0.29, 0.717) is 27.6 Å². The summed E-state index contributed by atoms with van der Waals surface area (Å²) in [5, 5.41) is 2.74. The Kier molecular flexibility index (Phi) is 13.3. The molecule has 1 fully saturated rings. The number of nitrogens with zero attached hydrogens (tertiary/aromatic N) is 1. The van der Waals surface area contributed by atoms with Gasteiger partial charge in [-0.15, -0.1) is 0 Å². The van der Waals surface area contributed by atoms with Crippen LogP contribution in [-0.4, -0.2) is 70.9 Å². The van der Waals surface area contributed by atoms with Crippen LogP contribution in [0.3, 0.4) is 0 Å². The predicted molar refractivity (Wildman–Crippen MR) is 213 cm³/mol. The zero-order valence-corrected chi connectivity index (χ0v) is 34.0. The number of halogens is 2. The first-order chi connectivity index (χ1) is 25.2. The molecule has 4 aromatic rings. The Morgan fingerprint density at radius 1 is 0.868 bits per heavy atom. The van der Waals surface area contributed by atoms with Gasteiger partial charge in [-0.05, 0) is 57.2 Å². The third-order valence-electron chi connectivity index (χ3n) is 9.84. The maximum absolute atomic E-state index is 14.5. The lowest BCUT2D eigenvalue weighted by Crippen LogP contribution is -2.66. The molecule has 4 aromatic carbocycles. The van der Waals surface area contributed by atoms with Crippen molar-refractivity contribution in [3.63, 3.8) is 0 Å². The van der Waals surface area contributed by atoms with Crippen LogP contribution in [0.25, 0.3) is 0 Å².